The lowest BCUT2D eigenvalue weighted by molar-refractivity contribution is -0.387. The maximum atomic E-state index is 14.2. The Hall–Kier alpha value is -6.35. The number of amides is 4. The zero-order valence-electron chi connectivity index (χ0n) is 30.2. The van der Waals surface area contributed by atoms with Crippen LogP contribution in [-0.2, 0) is 9.59 Å². The molecular formula is C42H29N5O6S3. The Bertz CT molecular complexity index is 2640. The quantitative estimate of drug-likeness (QED) is 0.0387. The number of hydrogen-bond donors (Lipinski definition) is 0. The van der Waals surface area contributed by atoms with E-state index in [0.29, 0.717) is 42.7 Å². The van der Waals surface area contributed by atoms with Gasteiger partial charge in [-0.3, -0.25) is 39.1 Å². The average Bonchev–Trinajstić information content (AvgIpc) is 3.65. The Balaban J connectivity index is 1.13. The van der Waals surface area contributed by atoms with E-state index in [1.54, 1.807) is 54.6 Å². The monoisotopic (exact) mass is 795 g/mol. The van der Waals surface area contributed by atoms with Gasteiger partial charge in [-0.25, -0.2) is 9.88 Å². The van der Waals surface area contributed by atoms with Crippen LogP contribution in [0.1, 0.15) is 48.5 Å². The molecule has 0 radical (unpaired) electrons. The summed E-state index contributed by atoms with van der Waals surface area (Å²) in [4.78, 5) is 75.3. The van der Waals surface area contributed by atoms with Gasteiger partial charge in [-0.15, -0.1) is 11.3 Å². The molecule has 5 aromatic carbocycles. The number of imide groups is 1. The van der Waals surface area contributed by atoms with Crippen LogP contribution in [0.25, 0.3) is 16.3 Å². The smallest absolute Gasteiger partial charge is 0.268 e. The lowest BCUT2D eigenvalue weighted by atomic mass is 10.0. The van der Waals surface area contributed by atoms with E-state index in [-0.39, 0.29) is 26.8 Å². The van der Waals surface area contributed by atoms with Crippen molar-refractivity contribution in [1.29, 1.82) is 0 Å². The molecule has 0 aliphatic carbocycles. The molecule has 0 unspecified atom stereocenters. The Morgan fingerprint density at radius 3 is 1.77 bits per heavy atom. The molecule has 6 aromatic rings. The number of fused-ring (bicyclic) bond motifs is 2. The van der Waals surface area contributed by atoms with E-state index in [1.807, 2.05) is 64.1 Å². The first-order chi connectivity index (χ1) is 26.8. The molecule has 14 heteroatoms. The highest BCUT2D eigenvalue weighted by Gasteiger charge is 2.42. The lowest BCUT2D eigenvalue weighted by Crippen LogP contribution is -2.57. The first kappa shape index (κ1) is 36.6. The summed E-state index contributed by atoms with van der Waals surface area (Å²) < 4.78 is 1.17. The van der Waals surface area contributed by atoms with Crippen molar-refractivity contribution in [3.8, 4) is 0 Å². The summed E-state index contributed by atoms with van der Waals surface area (Å²) in [6.45, 7) is 7.61. The zero-order valence-corrected chi connectivity index (χ0v) is 32.7. The normalized spacial score (nSPS) is 14.3. The van der Waals surface area contributed by atoms with E-state index >= 15 is 0 Å². The van der Waals surface area contributed by atoms with Crippen LogP contribution in [0, 0.1) is 37.8 Å². The van der Waals surface area contributed by atoms with Gasteiger partial charge in [0.1, 0.15) is 5.57 Å². The number of nitro groups is 1. The maximum Gasteiger partial charge on any atom is 0.283 e. The lowest BCUT2D eigenvalue weighted by Gasteiger charge is -2.37. The van der Waals surface area contributed by atoms with Crippen LogP contribution >= 0.6 is 35.3 Å². The second-order valence-corrected chi connectivity index (χ2v) is 16.2. The van der Waals surface area contributed by atoms with Crippen molar-refractivity contribution < 1.29 is 24.1 Å². The minimum absolute atomic E-state index is 0.00319. The number of hydrogen-bond acceptors (Lipinski definition) is 10. The molecule has 0 bridgehead atoms. The van der Waals surface area contributed by atoms with E-state index in [2.05, 4.69) is 4.98 Å². The van der Waals surface area contributed by atoms with Crippen molar-refractivity contribution in [2.75, 3.05) is 14.7 Å². The Morgan fingerprint density at radius 1 is 0.679 bits per heavy atom. The molecule has 4 amide bonds. The number of aromatic nitrogens is 1. The number of thiocarbonyl (C=S) groups is 1. The third-order valence-electron chi connectivity index (χ3n) is 9.27. The fourth-order valence-corrected chi connectivity index (χ4v) is 9.48. The third kappa shape index (κ3) is 6.46. The molecule has 0 spiro atoms. The van der Waals surface area contributed by atoms with E-state index in [0.717, 1.165) is 38.9 Å². The van der Waals surface area contributed by atoms with E-state index in [4.69, 9.17) is 12.2 Å². The summed E-state index contributed by atoms with van der Waals surface area (Å²) in [5.41, 5.74) is 6.04. The predicted molar refractivity (Wildman–Crippen MR) is 222 cm³/mol. The van der Waals surface area contributed by atoms with Gasteiger partial charge in [0.05, 0.1) is 48.2 Å². The molecule has 2 aliphatic rings. The minimum atomic E-state index is -0.651. The van der Waals surface area contributed by atoms with Gasteiger partial charge in [0.2, 0.25) is 0 Å². The molecule has 0 saturated carbocycles. The molecule has 3 heterocycles. The molecule has 1 aromatic heterocycles. The number of nitrogens with zero attached hydrogens (tertiary/aromatic N) is 5. The van der Waals surface area contributed by atoms with Gasteiger partial charge in [0.15, 0.2) is 9.45 Å². The van der Waals surface area contributed by atoms with Crippen LogP contribution in [0.2, 0.25) is 0 Å². The van der Waals surface area contributed by atoms with Gasteiger partial charge in [-0.2, -0.15) is 0 Å². The van der Waals surface area contributed by atoms with E-state index < -0.39 is 28.6 Å². The number of anilines is 3. The van der Waals surface area contributed by atoms with Crippen molar-refractivity contribution in [3.05, 3.63) is 152 Å². The summed E-state index contributed by atoms with van der Waals surface area (Å²) in [5.74, 6) is -2.13. The second-order valence-electron chi connectivity index (χ2n) is 13.5. The van der Waals surface area contributed by atoms with Crippen LogP contribution in [-0.4, -0.2) is 38.6 Å². The minimum Gasteiger partial charge on any atom is -0.268 e. The highest BCUT2D eigenvalue weighted by molar-refractivity contribution is 8.01. The SMILES string of the molecule is Cc1cc(C)cc(N2C(=O)C(=Cc3ccc(Sc4nc5ccc(N6C(=O)c7ccccc7C6=O)cc5s4)c([N+](=O)[O-])c3)C(=O)N(c3cc(C)cc(C)c3)C2=S)c1. The van der Waals surface area contributed by atoms with Crippen LogP contribution in [0.15, 0.2) is 112 Å². The number of aryl methyl sites for hydroxylation is 4. The van der Waals surface area contributed by atoms with E-state index in [1.165, 1.54) is 33.3 Å². The third-order valence-corrected chi connectivity index (χ3v) is 11.8. The highest BCUT2D eigenvalue weighted by Crippen LogP contribution is 2.41. The zero-order chi connectivity index (χ0) is 39.6. The molecule has 2 aliphatic heterocycles. The van der Waals surface area contributed by atoms with Gasteiger partial charge in [0, 0.05) is 6.07 Å². The number of carbonyl (C=O) groups is 4. The van der Waals surface area contributed by atoms with Gasteiger partial charge in [0.25, 0.3) is 29.3 Å². The molecule has 0 atom stereocenters. The number of rotatable bonds is 7. The molecule has 1 fully saturated rings. The van der Waals surface area contributed by atoms with Crippen LogP contribution in [0.4, 0.5) is 22.7 Å². The predicted octanol–water partition coefficient (Wildman–Crippen LogP) is 9.14. The summed E-state index contributed by atoms with van der Waals surface area (Å²) in [6, 6.07) is 27.4. The molecule has 0 N–H and O–H groups in total. The number of nitro benzene ring substituents is 1. The van der Waals surface area contributed by atoms with Crippen LogP contribution in [0.5, 0.6) is 0 Å². The first-order valence-corrected chi connectivity index (χ1v) is 19.3. The molecule has 276 valence electrons. The van der Waals surface area contributed by atoms with E-state index in [9.17, 15) is 29.3 Å². The molecule has 1 saturated heterocycles. The largest absolute Gasteiger partial charge is 0.283 e. The summed E-state index contributed by atoms with van der Waals surface area (Å²) in [7, 11) is 0. The number of thiazole rings is 1. The summed E-state index contributed by atoms with van der Waals surface area (Å²) in [6.07, 6.45) is 1.36. The van der Waals surface area contributed by atoms with Crippen LogP contribution in [0.3, 0.4) is 0 Å². The number of benzene rings is 5. The molecule has 56 heavy (non-hydrogen) atoms. The maximum absolute atomic E-state index is 14.2. The Labute approximate surface area is 334 Å². The summed E-state index contributed by atoms with van der Waals surface area (Å²) >= 11 is 8.17. The highest BCUT2D eigenvalue weighted by atomic mass is 32.2. The van der Waals surface area contributed by atoms with Crippen molar-refractivity contribution in [2.24, 2.45) is 0 Å². The number of carbonyl (C=O) groups excluding carboxylic acids is 4. The van der Waals surface area contributed by atoms with Crippen molar-refractivity contribution >= 4 is 103 Å². The van der Waals surface area contributed by atoms with Crippen LogP contribution < -0.4 is 14.7 Å². The Morgan fingerprint density at radius 2 is 1.23 bits per heavy atom. The fourth-order valence-electron chi connectivity index (χ4n) is 6.96. The first-order valence-electron chi connectivity index (χ1n) is 17.2. The van der Waals surface area contributed by atoms with Crippen molar-refractivity contribution in [2.45, 2.75) is 36.9 Å². The van der Waals surface area contributed by atoms with Crippen molar-refractivity contribution in [3.63, 3.8) is 0 Å². The average molecular weight is 796 g/mol. The van der Waals surface area contributed by atoms with Gasteiger partial charge in [-0.1, -0.05) is 42.1 Å². The van der Waals surface area contributed by atoms with Gasteiger partial charge >= 0.3 is 0 Å². The van der Waals surface area contributed by atoms with Crippen molar-refractivity contribution in [1.82, 2.24) is 4.98 Å². The molecule has 8 rings (SSSR count). The second kappa shape index (κ2) is 14.1. The van der Waals surface area contributed by atoms with Gasteiger partial charge < -0.3 is 0 Å². The Kier molecular flexibility index (Phi) is 9.19. The summed E-state index contributed by atoms with van der Waals surface area (Å²) in [5, 5.41) is 12.5. The molecular weight excluding hydrogens is 767 g/mol. The standard InChI is InChI=1S/C42H29N5O6S3/c1-22-13-23(2)16-28(15-22)45-39(50)32(40(51)46(42(45)54)29-17-24(3)14-25(4)18-29)19-26-9-12-35(34(20-26)47(52)53)55-41-43-33-11-10-27(21-36(33)56-41)44-37(48)30-7-5-6-8-31(30)38(44)49/h5-21H,1-4H3. The topological polar surface area (TPSA) is 134 Å². The van der Waals surface area contributed by atoms with Gasteiger partial charge in [-0.05, 0) is 134 Å². The molecule has 11 nitrogen and oxygen atoms in total. The fraction of sp³-hybridized carbons (Fsp3) is 0.0952.